The fraction of sp³-hybridized carbons (Fsp3) is 0.308. The average molecular weight is 463 g/mol. The molecule has 0 radical (unpaired) electrons. The van der Waals surface area contributed by atoms with Gasteiger partial charge in [0.05, 0.1) is 18.2 Å². The van der Waals surface area contributed by atoms with Crippen molar-refractivity contribution >= 4 is 28.2 Å². The van der Waals surface area contributed by atoms with Crippen molar-refractivity contribution in [2.75, 3.05) is 12.4 Å². The fourth-order valence-corrected chi connectivity index (χ4v) is 5.86. The number of carbonyl (C=O) groups excluding carboxylic acids is 2. The molecule has 2 heterocycles. The third-order valence-corrected chi connectivity index (χ3v) is 7.49. The van der Waals surface area contributed by atoms with E-state index in [9.17, 15) is 9.59 Å². The summed E-state index contributed by atoms with van der Waals surface area (Å²) in [7, 11) is 1.53. The van der Waals surface area contributed by atoms with Crippen LogP contribution in [0.5, 0.6) is 11.5 Å². The molecule has 1 aliphatic carbocycles. The normalized spacial score (nSPS) is 19.1. The summed E-state index contributed by atoms with van der Waals surface area (Å²) in [6.07, 6.45) is 2.71. The van der Waals surface area contributed by atoms with Crippen molar-refractivity contribution in [2.24, 2.45) is 5.92 Å². The van der Waals surface area contributed by atoms with Crippen LogP contribution in [0.15, 0.2) is 42.5 Å². The van der Waals surface area contributed by atoms with Crippen LogP contribution in [0.4, 0.5) is 5.00 Å². The van der Waals surface area contributed by atoms with Crippen LogP contribution in [0.3, 0.4) is 0 Å². The molecular formula is C26H26N2O4S. The first-order valence-electron chi connectivity index (χ1n) is 11.1. The van der Waals surface area contributed by atoms with Crippen LogP contribution in [0.25, 0.3) is 0 Å². The average Bonchev–Trinajstić information content (AvgIpc) is 3.17. The molecule has 2 atom stereocenters. The lowest BCUT2D eigenvalue weighted by Gasteiger charge is -2.27. The number of nitrogens with one attached hydrogen (secondary N) is 2. The number of hydrogen-bond acceptors (Lipinski definition) is 6. The topological polar surface area (TPSA) is 76.7 Å². The maximum absolute atomic E-state index is 13.0. The highest BCUT2D eigenvalue weighted by Crippen LogP contribution is 2.43. The maximum Gasteiger partial charge on any atom is 0.343 e. The molecule has 6 nitrogen and oxygen atoms in total. The van der Waals surface area contributed by atoms with Crippen LogP contribution in [-0.4, -0.2) is 19.0 Å². The minimum Gasteiger partial charge on any atom is -0.493 e. The van der Waals surface area contributed by atoms with Crippen LogP contribution < -0.4 is 20.1 Å². The van der Waals surface area contributed by atoms with E-state index in [1.807, 2.05) is 25.1 Å². The van der Waals surface area contributed by atoms with Crippen molar-refractivity contribution in [3.8, 4) is 11.5 Å². The Balaban J connectivity index is 1.38. The molecule has 1 amide bonds. The van der Waals surface area contributed by atoms with Gasteiger partial charge in [-0.05, 0) is 67.5 Å². The Labute approximate surface area is 196 Å². The lowest BCUT2D eigenvalue weighted by atomic mass is 9.88. The molecule has 0 unspecified atom stereocenters. The van der Waals surface area contributed by atoms with Gasteiger partial charge in [-0.25, -0.2) is 4.79 Å². The molecule has 5 rings (SSSR count). The summed E-state index contributed by atoms with van der Waals surface area (Å²) < 4.78 is 11.1. The number of amides is 1. The number of ether oxygens (including phenoxy) is 2. The molecule has 0 fully saturated rings. The smallest absolute Gasteiger partial charge is 0.343 e. The number of benzene rings is 2. The van der Waals surface area contributed by atoms with Gasteiger partial charge in [-0.1, -0.05) is 30.7 Å². The Morgan fingerprint density at radius 1 is 1.09 bits per heavy atom. The van der Waals surface area contributed by atoms with E-state index in [0.717, 1.165) is 41.0 Å². The van der Waals surface area contributed by atoms with E-state index in [0.29, 0.717) is 23.0 Å². The molecule has 2 aromatic carbocycles. The molecule has 1 aliphatic heterocycles. The van der Waals surface area contributed by atoms with Gasteiger partial charge < -0.3 is 20.1 Å². The number of esters is 1. The van der Waals surface area contributed by atoms with Crippen LogP contribution in [0, 0.1) is 12.8 Å². The number of aryl methyl sites for hydroxylation is 1. The monoisotopic (exact) mass is 462 g/mol. The SMILES string of the molecule is COc1cc([C@@H]2NC(=O)c3c(sc4c3CC[C@@H](C)C4)N2)ccc1OC(=O)c1ccc(C)cc1. The van der Waals surface area contributed by atoms with Crippen molar-refractivity contribution in [2.45, 2.75) is 39.3 Å². The second-order valence-electron chi connectivity index (χ2n) is 8.77. The van der Waals surface area contributed by atoms with E-state index in [1.165, 1.54) is 17.6 Å². The molecule has 0 spiro atoms. The predicted octanol–water partition coefficient (Wildman–Crippen LogP) is 5.26. The van der Waals surface area contributed by atoms with E-state index in [-0.39, 0.29) is 5.91 Å². The predicted molar refractivity (Wildman–Crippen MR) is 128 cm³/mol. The third-order valence-electron chi connectivity index (χ3n) is 6.30. The zero-order valence-corrected chi connectivity index (χ0v) is 19.7. The molecular weight excluding hydrogens is 436 g/mol. The highest BCUT2D eigenvalue weighted by molar-refractivity contribution is 7.16. The minimum atomic E-state index is -0.451. The molecule has 1 aromatic heterocycles. The lowest BCUT2D eigenvalue weighted by molar-refractivity contribution is 0.0729. The second-order valence-corrected chi connectivity index (χ2v) is 9.88. The first-order valence-corrected chi connectivity index (χ1v) is 11.9. The number of rotatable bonds is 4. The summed E-state index contributed by atoms with van der Waals surface area (Å²) in [6, 6.07) is 12.5. The molecule has 3 aromatic rings. The zero-order chi connectivity index (χ0) is 23.1. The highest BCUT2D eigenvalue weighted by atomic mass is 32.1. The van der Waals surface area contributed by atoms with Gasteiger partial charge in [0, 0.05) is 4.88 Å². The molecule has 0 saturated carbocycles. The van der Waals surface area contributed by atoms with Gasteiger partial charge in [-0.15, -0.1) is 11.3 Å². The molecule has 0 bridgehead atoms. The Morgan fingerprint density at radius 2 is 1.88 bits per heavy atom. The molecule has 170 valence electrons. The van der Waals surface area contributed by atoms with Gasteiger partial charge >= 0.3 is 5.97 Å². The summed E-state index contributed by atoms with van der Waals surface area (Å²) in [6.45, 7) is 4.22. The van der Waals surface area contributed by atoms with Crippen LogP contribution >= 0.6 is 11.3 Å². The second kappa shape index (κ2) is 8.56. The van der Waals surface area contributed by atoms with Gasteiger partial charge in [0.15, 0.2) is 11.5 Å². The Bertz CT molecular complexity index is 1230. The van der Waals surface area contributed by atoms with Gasteiger partial charge in [-0.3, -0.25) is 4.79 Å². The molecule has 2 N–H and O–H groups in total. The van der Waals surface area contributed by atoms with Gasteiger partial charge in [-0.2, -0.15) is 0 Å². The number of thiophene rings is 1. The molecule has 0 saturated heterocycles. The van der Waals surface area contributed by atoms with E-state index in [2.05, 4.69) is 17.6 Å². The van der Waals surface area contributed by atoms with E-state index >= 15 is 0 Å². The number of methoxy groups -OCH3 is 1. The minimum absolute atomic E-state index is 0.0466. The maximum atomic E-state index is 13.0. The Hall–Kier alpha value is -3.32. The van der Waals surface area contributed by atoms with E-state index in [4.69, 9.17) is 9.47 Å². The number of hydrogen-bond donors (Lipinski definition) is 2. The van der Waals surface area contributed by atoms with Gasteiger partial charge in [0.1, 0.15) is 11.2 Å². The number of carbonyl (C=O) groups is 2. The standard InChI is InChI=1S/C26H26N2O4S/c1-14-4-7-16(8-5-14)26(30)32-19-11-9-17(13-20(19)31-3)23-27-24(29)22-18-10-6-15(2)12-21(18)33-25(22)28-23/h4-5,7-9,11,13,15,23,28H,6,10,12H2,1-3H3,(H,27,29)/t15-,23-/m1/s1. The first-order chi connectivity index (χ1) is 15.9. The largest absolute Gasteiger partial charge is 0.493 e. The number of fused-ring (bicyclic) bond motifs is 3. The van der Waals surface area contributed by atoms with Crippen molar-refractivity contribution < 1.29 is 19.1 Å². The van der Waals surface area contributed by atoms with Crippen LogP contribution in [0.1, 0.15) is 61.8 Å². The van der Waals surface area contributed by atoms with E-state index < -0.39 is 12.1 Å². The van der Waals surface area contributed by atoms with Gasteiger partial charge in [0.25, 0.3) is 5.91 Å². The van der Waals surface area contributed by atoms with Crippen molar-refractivity contribution in [3.63, 3.8) is 0 Å². The highest BCUT2D eigenvalue weighted by Gasteiger charge is 2.33. The molecule has 33 heavy (non-hydrogen) atoms. The fourth-order valence-electron chi connectivity index (χ4n) is 4.43. The van der Waals surface area contributed by atoms with Crippen LogP contribution in [0.2, 0.25) is 0 Å². The van der Waals surface area contributed by atoms with Crippen LogP contribution in [-0.2, 0) is 12.8 Å². The summed E-state index contributed by atoms with van der Waals surface area (Å²) >= 11 is 1.69. The Kier molecular flexibility index (Phi) is 5.58. The summed E-state index contributed by atoms with van der Waals surface area (Å²) in [5.41, 5.74) is 4.36. The van der Waals surface area contributed by atoms with E-state index in [1.54, 1.807) is 35.6 Å². The van der Waals surface area contributed by atoms with Gasteiger partial charge in [0.2, 0.25) is 0 Å². The lowest BCUT2D eigenvalue weighted by Crippen LogP contribution is -2.38. The molecule has 7 heteroatoms. The van der Waals surface area contributed by atoms with Crippen molar-refractivity contribution in [1.29, 1.82) is 0 Å². The first kappa shape index (κ1) is 21.5. The molecule has 2 aliphatic rings. The summed E-state index contributed by atoms with van der Waals surface area (Å²) in [5.74, 6) is 0.906. The zero-order valence-electron chi connectivity index (χ0n) is 18.9. The summed E-state index contributed by atoms with van der Waals surface area (Å²) in [5, 5.41) is 7.48. The third kappa shape index (κ3) is 4.09. The quantitative estimate of drug-likeness (QED) is 0.408. The number of anilines is 1. The summed E-state index contributed by atoms with van der Waals surface area (Å²) in [4.78, 5) is 26.8. The van der Waals surface area contributed by atoms with Crippen molar-refractivity contribution in [1.82, 2.24) is 5.32 Å². The van der Waals surface area contributed by atoms with Crippen molar-refractivity contribution in [3.05, 3.63) is 75.2 Å². The Morgan fingerprint density at radius 3 is 2.64 bits per heavy atom.